The molecule has 25 heavy (non-hydrogen) atoms. The number of rotatable bonds is 3. The number of hydrogen-bond acceptors (Lipinski definition) is 5. The topological polar surface area (TPSA) is 84.7 Å². The first-order valence-electron chi connectivity index (χ1n) is 8.36. The summed E-state index contributed by atoms with van der Waals surface area (Å²) in [6.45, 7) is 1.38. The highest BCUT2D eigenvalue weighted by Crippen LogP contribution is 2.30. The van der Waals surface area contributed by atoms with Gasteiger partial charge in [-0.3, -0.25) is 9.59 Å². The van der Waals surface area contributed by atoms with E-state index < -0.39 is 0 Å². The molecule has 0 atom stereocenters. The van der Waals surface area contributed by atoms with E-state index in [9.17, 15) is 9.59 Å². The summed E-state index contributed by atoms with van der Waals surface area (Å²) in [5.74, 6) is 0.530. The van der Waals surface area contributed by atoms with Gasteiger partial charge in [0.2, 0.25) is 5.91 Å². The highest BCUT2D eigenvalue weighted by Gasteiger charge is 2.25. The summed E-state index contributed by atoms with van der Waals surface area (Å²) in [6, 6.07) is 5.45. The van der Waals surface area contributed by atoms with Crippen LogP contribution in [0.1, 0.15) is 40.7 Å². The number of ether oxygens (including phenoxy) is 1. The van der Waals surface area contributed by atoms with Gasteiger partial charge in [-0.1, -0.05) is 0 Å². The predicted octanol–water partition coefficient (Wildman–Crippen LogP) is 2.34. The number of carbonyl (C=O) groups is 2. The van der Waals surface area contributed by atoms with Crippen LogP contribution in [0.25, 0.3) is 0 Å². The molecular formula is C18H19N3O4. The summed E-state index contributed by atoms with van der Waals surface area (Å²) in [4.78, 5) is 30.1. The SMILES string of the molecule is CN1C(=O)Cc2cc(NC(=O)c3coc(C4CCOCC4)n3)ccc21. The number of hydrogen-bond donors (Lipinski definition) is 1. The van der Waals surface area contributed by atoms with Gasteiger partial charge < -0.3 is 19.4 Å². The summed E-state index contributed by atoms with van der Waals surface area (Å²) in [6.07, 6.45) is 3.46. The Kier molecular flexibility index (Phi) is 4.01. The van der Waals surface area contributed by atoms with Crippen LogP contribution >= 0.6 is 0 Å². The Hall–Kier alpha value is -2.67. The van der Waals surface area contributed by atoms with E-state index >= 15 is 0 Å². The normalized spacial score (nSPS) is 17.6. The Morgan fingerprint density at radius 1 is 1.32 bits per heavy atom. The fourth-order valence-corrected chi connectivity index (χ4v) is 3.27. The third kappa shape index (κ3) is 3.02. The molecule has 4 rings (SSSR count). The molecule has 1 aromatic heterocycles. The van der Waals surface area contributed by atoms with Gasteiger partial charge in [0.05, 0.1) is 6.42 Å². The third-order valence-corrected chi connectivity index (χ3v) is 4.74. The fourth-order valence-electron chi connectivity index (χ4n) is 3.27. The number of carbonyl (C=O) groups excluding carboxylic acids is 2. The smallest absolute Gasteiger partial charge is 0.277 e. The Morgan fingerprint density at radius 3 is 2.92 bits per heavy atom. The van der Waals surface area contributed by atoms with E-state index in [1.54, 1.807) is 18.0 Å². The number of benzene rings is 1. The van der Waals surface area contributed by atoms with Gasteiger partial charge in [0, 0.05) is 37.6 Å². The van der Waals surface area contributed by atoms with Crippen LogP contribution in [0, 0.1) is 0 Å². The highest BCUT2D eigenvalue weighted by molar-refractivity contribution is 6.04. The Bertz CT molecular complexity index is 823. The quantitative estimate of drug-likeness (QED) is 0.926. The van der Waals surface area contributed by atoms with Crippen molar-refractivity contribution < 1.29 is 18.7 Å². The van der Waals surface area contributed by atoms with Crippen molar-refractivity contribution in [2.75, 3.05) is 30.5 Å². The number of anilines is 2. The van der Waals surface area contributed by atoms with Gasteiger partial charge >= 0.3 is 0 Å². The van der Waals surface area contributed by atoms with Crippen LogP contribution in [0.15, 0.2) is 28.9 Å². The number of likely N-dealkylation sites (N-methyl/N-ethyl adjacent to an activating group) is 1. The zero-order valence-electron chi connectivity index (χ0n) is 13.9. The zero-order chi connectivity index (χ0) is 17.4. The van der Waals surface area contributed by atoms with E-state index in [1.165, 1.54) is 6.26 Å². The Morgan fingerprint density at radius 2 is 2.12 bits per heavy atom. The van der Waals surface area contributed by atoms with E-state index in [2.05, 4.69) is 10.3 Å². The average molecular weight is 341 g/mol. The lowest BCUT2D eigenvalue weighted by molar-refractivity contribution is -0.117. The van der Waals surface area contributed by atoms with E-state index in [1.807, 2.05) is 12.1 Å². The molecule has 1 aromatic carbocycles. The van der Waals surface area contributed by atoms with Gasteiger partial charge in [-0.25, -0.2) is 4.98 Å². The van der Waals surface area contributed by atoms with Crippen LogP contribution in [-0.2, 0) is 16.0 Å². The standard InChI is InChI=1S/C18H19N3O4/c1-21-15-3-2-13(8-12(15)9-16(21)22)19-17(23)14-10-25-18(20-14)11-4-6-24-7-5-11/h2-3,8,10-11H,4-7,9H2,1H3,(H,19,23). The molecule has 0 bridgehead atoms. The number of fused-ring (bicyclic) bond motifs is 1. The van der Waals surface area contributed by atoms with Crippen molar-refractivity contribution in [1.82, 2.24) is 4.98 Å². The molecule has 2 aromatic rings. The van der Waals surface area contributed by atoms with Crippen LogP contribution in [0.4, 0.5) is 11.4 Å². The van der Waals surface area contributed by atoms with Crippen molar-refractivity contribution in [3.05, 3.63) is 41.6 Å². The average Bonchev–Trinajstić information content (AvgIpc) is 3.22. The first-order valence-corrected chi connectivity index (χ1v) is 8.36. The molecule has 1 N–H and O–H groups in total. The Balaban J connectivity index is 1.47. The van der Waals surface area contributed by atoms with Crippen LogP contribution in [0.5, 0.6) is 0 Å². The maximum atomic E-state index is 12.4. The molecule has 7 heteroatoms. The molecule has 0 spiro atoms. The lowest BCUT2D eigenvalue weighted by Gasteiger charge is -2.18. The number of nitrogens with zero attached hydrogens (tertiary/aromatic N) is 2. The van der Waals surface area contributed by atoms with Crippen LogP contribution < -0.4 is 10.2 Å². The van der Waals surface area contributed by atoms with Gasteiger partial charge in [0.25, 0.3) is 5.91 Å². The van der Waals surface area contributed by atoms with Crippen molar-refractivity contribution in [2.45, 2.75) is 25.2 Å². The second-order valence-corrected chi connectivity index (χ2v) is 6.38. The van der Waals surface area contributed by atoms with E-state index in [-0.39, 0.29) is 23.4 Å². The number of oxazole rings is 1. The van der Waals surface area contributed by atoms with Gasteiger partial charge in [0.15, 0.2) is 11.6 Å². The summed E-state index contributed by atoms with van der Waals surface area (Å²) >= 11 is 0. The number of nitrogens with one attached hydrogen (secondary N) is 1. The van der Waals surface area contributed by atoms with Crippen molar-refractivity contribution in [3.8, 4) is 0 Å². The van der Waals surface area contributed by atoms with Gasteiger partial charge in [-0.05, 0) is 36.6 Å². The molecule has 2 aliphatic heterocycles. The molecule has 0 saturated carbocycles. The van der Waals surface area contributed by atoms with Crippen LogP contribution in [0.2, 0.25) is 0 Å². The van der Waals surface area contributed by atoms with Gasteiger partial charge in [0.1, 0.15) is 6.26 Å². The maximum Gasteiger partial charge on any atom is 0.277 e. The van der Waals surface area contributed by atoms with Crippen molar-refractivity contribution >= 4 is 23.2 Å². The molecule has 1 saturated heterocycles. The highest BCUT2D eigenvalue weighted by atomic mass is 16.5. The summed E-state index contributed by atoms with van der Waals surface area (Å²) in [5.41, 5.74) is 2.69. The molecule has 0 unspecified atom stereocenters. The van der Waals surface area contributed by atoms with E-state index in [0.29, 0.717) is 31.2 Å². The van der Waals surface area contributed by atoms with Gasteiger partial charge in [-0.2, -0.15) is 0 Å². The molecule has 130 valence electrons. The van der Waals surface area contributed by atoms with E-state index in [0.717, 1.165) is 24.1 Å². The molecule has 2 amide bonds. The molecular weight excluding hydrogens is 322 g/mol. The summed E-state index contributed by atoms with van der Waals surface area (Å²) < 4.78 is 10.8. The Labute approximate surface area is 145 Å². The predicted molar refractivity (Wildman–Crippen MR) is 90.8 cm³/mol. The number of aromatic nitrogens is 1. The van der Waals surface area contributed by atoms with E-state index in [4.69, 9.17) is 9.15 Å². The first kappa shape index (κ1) is 15.8. The molecule has 0 aliphatic carbocycles. The van der Waals surface area contributed by atoms with Gasteiger partial charge in [-0.15, -0.1) is 0 Å². The molecule has 2 aliphatic rings. The lowest BCUT2D eigenvalue weighted by Crippen LogP contribution is -2.20. The fraction of sp³-hybridized carbons (Fsp3) is 0.389. The lowest BCUT2D eigenvalue weighted by atomic mass is 10.0. The van der Waals surface area contributed by atoms with Crippen molar-refractivity contribution in [1.29, 1.82) is 0 Å². The second-order valence-electron chi connectivity index (χ2n) is 6.38. The third-order valence-electron chi connectivity index (χ3n) is 4.74. The van der Waals surface area contributed by atoms with Crippen LogP contribution in [0.3, 0.4) is 0 Å². The second kappa shape index (κ2) is 6.33. The summed E-state index contributed by atoms with van der Waals surface area (Å²) in [7, 11) is 1.75. The largest absolute Gasteiger partial charge is 0.448 e. The molecule has 7 nitrogen and oxygen atoms in total. The maximum absolute atomic E-state index is 12.4. The molecule has 0 radical (unpaired) electrons. The van der Waals surface area contributed by atoms with Crippen molar-refractivity contribution in [3.63, 3.8) is 0 Å². The van der Waals surface area contributed by atoms with Crippen LogP contribution in [-0.4, -0.2) is 37.1 Å². The summed E-state index contributed by atoms with van der Waals surface area (Å²) in [5, 5.41) is 2.82. The number of amides is 2. The molecule has 1 fully saturated rings. The first-order chi connectivity index (χ1) is 12.1. The molecule has 3 heterocycles. The monoisotopic (exact) mass is 341 g/mol. The minimum Gasteiger partial charge on any atom is -0.448 e. The zero-order valence-corrected chi connectivity index (χ0v) is 13.9. The minimum absolute atomic E-state index is 0.0519. The minimum atomic E-state index is -0.320. The van der Waals surface area contributed by atoms with Crippen molar-refractivity contribution in [2.24, 2.45) is 0 Å².